The Morgan fingerprint density at radius 1 is 1.19 bits per heavy atom. The molecule has 3 rings (SSSR count). The fourth-order valence-electron chi connectivity index (χ4n) is 3.29. The number of aromatic nitrogens is 4. The molecule has 0 aliphatic carbocycles. The molecular weight excluding hydrogens is 356 g/mol. The van der Waals surface area contributed by atoms with Crippen molar-refractivity contribution in [1.82, 2.24) is 28.8 Å². The average Bonchev–Trinajstić information content (AvgIpc) is 3.18. The van der Waals surface area contributed by atoms with Gasteiger partial charge in [0.25, 0.3) is 5.91 Å². The third-order valence-electron chi connectivity index (χ3n) is 4.74. The first-order valence-corrected chi connectivity index (χ1v) is 10.0. The standard InChI is InChI=1S/C16H24N6O3S/c1-5-22-13(3)15(12(2)18-22)16(23)20-6-8-21(9-7-20)26(24,25)14-10-17-19(4)11-14/h10-11H,5-9H2,1-4H3. The van der Waals surface area contributed by atoms with Crippen LogP contribution < -0.4 is 0 Å². The third kappa shape index (κ3) is 3.14. The minimum atomic E-state index is -3.58. The van der Waals surface area contributed by atoms with Crippen molar-refractivity contribution in [3.05, 3.63) is 29.3 Å². The highest BCUT2D eigenvalue weighted by Crippen LogP contribution is 2.20. The van der Waals surface area contributed by atoms with E-state index in [0.29, 0.717) is 30.9 Å². The largest absolute Gasteiger partial charge is 0.336 e. The Labute approximate surface area is 153 Å². The highest BCUT2D eigenvalue weighted by molar-refractivity contribution is 7.89. The van der Waals surface area contributed by atoms with Crippen LogP contribution in [0.3, 0.4) is 0 Å². The molecule has 0 aromatic carbocycles. The topological polar surface area (TPSA) is 93.3 Å². The van der Waals surface area contributed by atoms with E-state index in [4.69, 9.17) is 0 Å². The van der Waals surface area contributed by atoms with Crippen LogP contribution in [-0.4, -0.2) is 69.3 Å². The molecule has 0 saturated carbocycles. The van der Waals surface area contributed by atoms with Crippen LogP contribution in [0.25, 0.3) is 0 Å². The number of hydrogen-bond donors (Lipinski definition) is 0. The van der Waals surface area contributed by atoms with E-state index in [0.717, 1.165) is 5.69 Å². The van der Waals surface area contributed by atoms with Gasteiger partial charge in [-0.1, -0.05) is 0 Å². The SMILES string of the molecule is CCn1nc(C)c(C(=O)N2CCN(S(=O)(=O)c3cnn(C)c3)CC2)c1C. The molecule has 3 heterocycles. The zero-order valence-corrected chi connectivity index (χ0v) is 16.3. The van der Waals surface area contributed by atoms with E-state index in [-0.39, 0.29) is 23.9 Å². The smallest absolute Gasteiger partial charge is 0.257 e. The molecule has 2 aromatic heterocycles. The Bertz CT molecular complexity index is 922. The molecule has 0 bridgehead atoms. The second-order valence-corrected chi connectivity index (χ2v) is 8.35. The van der Waals surface area contributed by atoms with Gasteiger partial charge in [0.15, 0.2) is 0 Å². The molecule has 2 aromatic rings. The lowest BCUT2D eigenvalue weighted by Gasteiger charge is -2.33. The molecular formula is C16H24N6O3S. The summed E-state index contributed by atoms with van der Waals surface area (Å²) in [4.78, 5) is 14.8. The van der Waals surface area contributed by atoms with Crippen LogP contribution in [0.4, 0.5) is 0 Å². The van der Waals surface area contributed by atoms with Gasteiger partial charge < -0.3 is 4.90 Å². The average molecular weight is 380 g/mol. The number of sulfonamides is 1. The molecule has 1 amide bonds. The summed E-state index contributed by atoms with van der Waals surface area (Å²) in [6, 6.07) is 0. The number of aryl methyl sites for hydroxylation is 3. The van der Waals surface area contributed by atoms with Gasteiger partial charge in [-0.2, -0.15) is 14.5 Å². The molecule has 9 nitrogen and oxygen atoms in total. The van der Waals surface area contributed by atoms with Crippen molar-refractivity contribution in [2.75, 3.05) is 26.2 Å². The number of rotatable bonds is 4. The van der Waals surface area contributed by atoms with Crippen molar-refractivity contribution in [1.29, 1.82) is 0 Å². The summed E-state index contributed by atoms with van der Waals surface area (Å²) in [5.41, 5.74) is 2.18. The van der Waals surface area contributed by atoms with E-state index >= 15 is 0 Å². The van der Waals surface area contributed by atoms with Crippen LogP contribution in [-0.2, 0) is 23.6 Å². The maximum Gasteiger partial charge on any atom is 0.257 e. The molecule has 0 N–H and O–H groups in total. The van der Waals surface area contributed by atoms with Crippen LogP contribution in [0.5, 0.6) is 0 Å². The van der Waals surface area contributed by atoms with Crippen molar-refractivity contribution in [3.63, 3.8) is 0 Å². The Balaban J connectivity index is 1.73. The van der Waals surface area contributed by atoms with Gasteiger partial charge in [0.2, 0.25) is 10.0 Å². The number of hydrogen-bond acceptors (Lipinski definition) is 5. The fraction of sp³-hybridized carbons (Fsp3) is 0.562. The first kappa shape index (κ1) is 18.6. The highest BCUT2D eigenvalue weighted by Gasteiger charge is 2.32. The summed E-state index contributed by atoms with van der Waals surface area (Å²) in [5.74, 6) is -0.0851. The van der Waals surface area contributed by atoms with E-state index < -0.39 is 10.0 Å². The molecule has 142 valence electrons. The zero-order chi connectivity index (χ0) is 19.1. The van der Waals surface area contributed by atoms with Crippen LogP contribution in [0.2, 0.25) is 0 Å². The van der Waals surface area contributed by atoms with E-state index in [1.165, 1.54) is 21.4 Å². The summed E-state index contributed by atoms with van der Waals surface area (Å²) in [7, 11) is -1.90. The Kier molecular flexibility index (Phi) is 4.89. The summed E-state index contributed by atoms with van der Waals surface area (Å²) in [6.45, 7) is 7.65. The van der Waals surface area contributed by atoms with Crippen molar-refractivity contribution in [2.45, 2.75) is 32.2 Å². The second-order valence-electron chi connectivity index (χ2n) is 6.41. The number of piperazine rings is 1. The molecule has 1 fully saturated rings. The van der Waals surface area contributed by atoms with Crippen molar-refractivity contribution >= 4 is 15.9 Å². The predicted octanol–water partition coefficient (Wildman–Crippen LogP) is 0.400. The van der Waals surface area contributed by atoms with E-state index in [2.05, 4.69) is 10.2 Å². The van der Waals surface area contributed by atoms with Crippen molar-refractivity contribution < 1.29 is 13.2 Å². The number of amides is 1. The minimum absolute atomic E-state index is 0.0851. The number of carbonyl (C=O) groups excluding carboxylic acids is 1. The third-order valence-corrected chi connectivity index (χ3v) is 6.59. The van der Waals surface area contributed by atoms with Gasteiger partial charge in [-0.15, -0.1) is 0 Å². The van der Waals surface area contributed by atoms with E-state index in [9.17, 15) is 13.2 Å². The van der Waals surface area contributed by atoms with Gasteiger partial charge in [0, 0.05) is 51.7 Å². The summed E-state index contributed by atoms with van der Waals surface area (Å²) in [5, 5.41) is 8.32. The molecule has 0 spiro atoms. The maximum absolute atomic E-state index is 12.9. The molecule has 1 aliphatic heterocycles. The minimum Gasteiger partial charge on any atom is -0.336 e. The molecule has 0 radical (unpaired) electrons. The van der Waals surface area contributed by atoms with Crippen LogP contribution >= 0.6 is 0 Å². The molecule has 10 heteroatoms. The Morgan fingerprint density at radius 3 is 2.35 bits per heavy atom. The zero-order valence-electron chi connectivity index (χ0n) is 15.5. The lowest BCUT2D eigenvalue weighted by molar-refractivity contribution is 0.0696. The number of carbonyl (C=O) groups is 1. The quantitative estimate of drug-likeness (QED) is 0.765. The Morgan fingerprint density at radius 2 is 1.85 bits per heavy atom. The normalized spacial score (nSPS) is 16.2. The molecule has 26 heavy (non-hydrogen) atoms. The van der Waals surface area contributed by atoms with Gasteiger partial charge in [-0.05, 0) is 20.8 Å². The second kappa shape index (κ2) is 6.84. The molecule has 1 saturated heterocycles. The lowest BCUT2D eigenvalue weighted by atomic mass is 10.1. The summed E-state index contributed by atoms with van der Waals surface area (Å²) in [6.07, 6.45) is 2.83. The first-order valence-electron chi connectivity index (χ1n) is 8.57. The van der Waals surface area contributed by atoms with Crippen LogP contribution in [0, 0.1) is 13.8 Å². The van der Waals surface area contributed by atoms with Crippen molar-refractivity contribution in [2.24, 2.45) is 7.05 Å². The maximum atomic E-state index is 12.9. The van der Waals surface area contributed by atoms with Crippen LogP contribution in [0.1, 0.15) is 28.7 Å². The van der Waals surface area contributed by atoms with E-state index in [1.54, 1.807) is 11.9 Å². The van der Waals surface area contributed by atoms with Gasteiger partial charge in [-0.25, -0.2) is 8.42 Å². The molecule has 0 atom stereocenters. The van der Waals surface area contributed by atoms with E-state index in [1.807, 2.05) is 25.5 Å². The summed E-state index contributed by atoms with van der Waals surface area (Å²) >= 11 is 0. The molecule has 0 unspecified atom stereocenters. The van der Waals surface area contributed by atoms with Gasteiger partial charge in [0.05, 0.1) is 17.5 Å². The van der Waals surface area contributed by atoms with Crippen molar-refractivity contribution in [3.8, 4) is 0 Å². The van der Waals surface area contributed by atoms with Gasteiger partial charge >= 0.3 is 0 Å². The number of nitrogens with zero attached hydrogens (tertiary/aromatic N) is 6. The van der Waals surface area contributed by atoms with Gasteiger partial charge in [-0.3, -0.25) is 14.2 Å². The van der Waals surface area contributed by atoms with Crippen LogP contribution in [0.15, 0.2) is 17.3 Å². The lowest BCUT2D eigenvalue weighted by Crippen LogP contribution is -2.50. The summed E-state index contributed by atoms with van der Waals surface area (Å²) < 4.78 is 30.0. The molecule has 1 aliphatic rings. The first-order chi connectivity index (χ1) is 12.3. The Hall–Kier alpha value is -2.20. The highest BCUT2D eigenvalue weighted by atomic mass is 32.2. The monoisotopic (exact) mass is 380 g/mol. The fourth-order valence-corrected chi connectivity index (χ4v) is 4.69. The predicted molar refractivity (Wildman–Crippen MR) is 95.2 cm³/mol. The van der Waals surface area contributed by atoms with Gasteiger partial charge in [0.1, 0.15) is 4.90 Å².